The quantitative estimate of drug-likeness (QED) is 0.0769. The minimum Gasteiger partial charge on any atom is -0.386 e. The molecule has 5 saturated heterocycles. The molecule has 0 radical (unpaired) electrons. The Morgan fingerprint density at radius 1 is 0.352 bits per heavy atom. The summed E-state index contributed by atoms with van der Waals surface area (Å²) in [5.41, 5.74) is 23.8. The fourth-order valence-corrected chi connectivity index (χ4v) is 14.3. The Bertz CT molecular complexity index is 3650. The second-order valence-electron chi connectivity index (χ2n) is 19.9. The average Bonchev–Trinajstić information content (AvgIpc) is 1.78. The highest BCUT2D eigenvalue weighted by Crippen LogP contribution is 2.56. The molecule has 0 aromatic carbocycles. The molecule has 0 saturated carbocycles. The molecule has 0 spiro atoms. The van der Waals surface area contributed by atoms with Gasteiger partial charge in [-0.3, -0.25) is 54.5 Å². The first kappa shape index (κ1) is 60.4. The number of nitrogens with two attached hydrogens (primary N) is 4. The van der Waals surface area contributed by atoms with Crippen molar-refractivity contribution in [3.63, 3.8) is 0 Å². The predicted octanol–water partition coefficient (Wildman–Crippen LogP) is -3.27. The lowest BCUT2D eigenvalue weighted by Crippen LogP contribution is -2.39. The Kier molecular flexibility index (Phi) is 15.6. The third-order valence-corrected chi connectivity index (χ3v) is 18.5. The first-order valence-corrected chi connectivity index (χ1v) is 31.5. The third kappa shape index (κ3) is 11.2. The van der Waals surface area contributed by atoms with Gasteiger partial charge in [0.2, 0.25) is 0 Å². The van der Waals surface area contributed by atoms with Gasteiger partial charge in [-0.25, -0.2) is 78.1 Å². The molecule has 16 N–H and O–H groups in total. The number of anilines is 4. The highest BCUT2D eigenvalue weighted by atomic mass is 31.2. The van der Waals surface area contributed by atoms with Crippen molar-refractivity contribution in [1.29, 1.82) is 0 Å². The minimum atomic E-state index is -5.68. The summed E-state index contributed by atoms with van der Waals surface area (Å²) in [6.07, 6.45) is -22.5. The maximum absolute atomic E-state index is 14.2. The van der Waals surface area contributed by atoms with E-state index in [1.54, 1.807) is 0 Å². The highest BCUT2D eigenvalue weighted by Gasteiger charge is 2.56. The van der Waals surface area contributed by atoms with Crippen LogP contribution in [-0.2, 0) is 73.4 Å². The number of rotatable bonds is 4. The fraction of sp³-hybridized carbons (Fsp3) is 0.500. The number of nitrogen functional groups attached to an aromatic ring is 4. The largest absolute Gasteiger partial charge is 0.472 e. The maximum Gasteiger partial charge on any atom is 0.472 e. The Morgan fingerprint density at radius 3 is 0.761 bits per heavy atom. The molecule has 0 aliphatic carbocycles. The van der Waals surface area contributed by atoms with E-state index in [1.807, 2.05) is 0 Å². The molecule has 5 aliphatic heterocycles. The van der Waals surface area contributed by atoms with E-state index in [2.05, 4.69) is 59.8 Å². The van der Waals surface area contributed by atoms with Crippen molar-refractivity contribution < 1.29 is 113 Å². The lowest BCUT2D eigenvalue weighted by atomic mass is 10.1. The molecule has 0 bridgehead atoms. The number of fused-ring (bicyclic) bond motifs is 8. The molecule has 13 rings (SSSR count). The predicted molar refractivity (Wildman–Crippen MR) is 281 cm³/mol. The molecular weight excluding hydrogens is 1270 g/mol. The molecule has 20 atom stereocenters. The van der Waals surface area contributed by atoms with Gasteiger partial charge in [0, 0.05) is 0 Å². The Morgan fingerprint density at radius 2 is 0.557 bits per heavy atom. The zero-order valence-corrected chi connectivity index (χ0v) is 47.6. The number of phosphoric ester groups is 4. The lowest BCUT2D eigenvalue weighted by Gasteiger charge is -2.27. The Hall–Kier alpha value is -6.48. The maximum atomic E-state index is 14.2. The lowest BCUT2D eigenvalue weighted by molar-refractivity contribution is -0.0662. The van der Waals surface area contributed by atoms with Gasteiger partial charge in [0.1, 0.15) is 121 Å². The van der Waals surface area contributed by atoms with Crippen LogP contribution in [0.15, 0.2) is 50.6 Å². The summed E-state index contributed by atoms with van der Waals surface area (Å²) >= 11 is 0. The van der Waals surface area contributed by atoms with E-state index in [0.29, 0.717) is 0 Å². The second kappa shape index (κ2) is 22.8. The van der Waals surface area contributed by atoms with E-state index in [4.69, 9.17) is 78.1 Å². The van der Waals surface area contributed by atoms with Crippen molar-refractivity contribution in [3.8, 4) is 0 Å². The average molecular weight is 1320 g/mol. The molecule has 88 heavy (non-hydrogen) atoms. The van der Waals surface area contributed by atoms with Crippen LogP contribution in [0.1, 0.15) is 24.9 Å². The first-order valence-electron chi connectivity index (χ1n) is 25.5. The fourth-order valence-electron chi connectivity index (χ4n) is 10.5. The molecule has 8 aromatic heterocycles. The summed E-state index contributed by atoms with van der Waals surface area (Å²) in [6.45, 7) is -4.76. The van der Waals surface area contributed by atoms with E-state index >= 15 is 0 Å². The molecule has 48 heteroatoms. The molecule has 44 nitrogen and oxygen atoms in total. The monoisotopic (exact) mass is 1320 g/mol. The van der Waals surface area contributed by atoms with E-state index in [-0.39, 0.29) is 67.9 Å². The van der Waals surface area contributed by atoms with Crippen LogP contribution in [0.5, 0.6) is 0 Å². The van der Waals surface area contributed by atoms with Crippen molar-refractivity contribution in [2.75, 3.05) is 49.4 Å². The van der Waals surface area contributed by atoms with Gasteiger partial charge >= 0.3 is 31.3 Å². The number of hydrogen-bond acceptors (Lipinski definition) is 36. The topological polar surface area (TPSA) is 619 Å². The van der Waals surface area contributed by atoms with Crippen molar-refractivity contribution in [1.82, 2.24) is 78.1 Å². The molecular formula is C40H48N20O24P4. The number of aliphatic hydroxyl groups excluding tert-OH is 4. The van der Waals surface area contributed by atoms with Crippen LogP contribution in [0.2, 0.25) is 0 Å². The zero-order valence-electron chi connectivity index (χ0n) is 44.0. The molecule has 472 valence electrons. The zero-order chi connectivity index (χ0) is 61.9. The molecule has 8 aromatic rings. The standard InChI is InChI=1S/C40H48N20O24P4/c41-29-17-33(49-5-45-29)57(9-53-17)37-21(61)25-13(77-37)1-73-85(65,66)82-26-14(78-38(22(26)62)58-10-54-18-30(42)46-6-50-34(18)58)2-75-87(69,70)84-28-16(80-40(24(28)64)60-12-56-20-32(44)48-8-52-36(20)60)4-76-88(71,72)83-27-15(3-74-86(67,68)81-25)79-39(23(27)63)59-11-55-19-31(43)47-7-51-35(19)59/h5-16,21-28,37-40,61-64H,1-4H2,(H,65,66)(H,67,68)(H,69,70)(H,71,72)(H2,41,45,49)(H2,42,46,50)(H2,43,47,51)(H2,44,48,52)/t13-,14-,15-,16-,21-,22-,23-,24-,25-,26-,27-,28+,37-,38-,39-,40-/m1/s1. The van der Waals surface area contributed by atoms with Crippen molar-refractivity contribution >= 4 is 99.2 Å². The molecule has 5 aliphatic rings. The summed E-state index contributed by atoms with van der Waals surface area (Å²) in [4.78, 5) is 94.5. The van der Waals surface area contributed by atoms with E-state index in [0.717, 1.165) is 68.9 Å². The van der Waals surface area contributed by atoms with Gasteiger partial charge in [0.15, 0.2) is 70.8 Å². The van der Waals surface area contributed by atoms with Crippen LogP contribution in [0.4, 0.5) is 23.3 Å². The van der Waals surface area contributed by atoms with Gasteiger partial charge in [0.05, 0.1) is 51.7 Å². The number of nitrogens with zero attached hydrogens (tertiary/aromatic N) is 16. The van der Waals surface area contributed by atoms with Crippen LogP contribution in [-0.4, -0.2) is 218 Å². The number of phosphoric acid groups is 4. The molecule has 5 fully saturated rings. The van der Waals surface area contributed by atoms with Crippen molar-refractivity contribution in [2.45, 2.75) is 98.2 Å². The molecule has 0 amide bonds. The van der Waals surface area contributed by atoms with Crippen molar-refractivity contribution in [2.24, 2.45) is 0 Å². The van der Waals surface area contributed by atoms with Crippen LogP contribution in [0.25, 0.3) is 44.7 Å². The highest BCUT2D eigenvalue weighted by molar-refractivity contribution is 7.48. The number of ether oxygens (including phenoxy) is 4. The van der Waals surface area contributed by atoms with Gasteiger partial charge in [-0.05, 0) is 0 Å². The normalized spacial score (nSPS) is 38.3. The number of imidazole rings is 4. The summed E-state index contributed by atoms with van der Waals surface area (Å²) < 4.78 is 129. The number of aliphatic hydroxyl groups is 4. The first-order chi connectivity index (χ1) is 41.8. The summed E-state index contributed by atoms with van der Waals surface area (Å²) in [6, 6.07) is 0. The second-order valence-corrected chi connectivity index (χ2v) is 25.5. The summed E-state index contributed by atoms with van der Waals surface area (Å²) in [5.74, 6) is -0.450. The number of hydrogen-bond donors (Lipinski definition) is 12. The van der Waals surface area contributed by atoms with Gasteiger partial charge in [-0.1, -0.05) is 0 Å². The van der Waals surface area contributed by atoms with Gasteiger partial charge in [0.25, 0.3) is 0 Å². The minimum absolute atomic E-state index is 0.00900. The molecule has 4 unspecified atom stereocenters. The van der Waals surface area contributed by atoms with Gasteiger partial charge in [-0.15, -0.1) is 0 Å². The molecule has 13 heterocycles. The Labute approximate surface area is 487 Å². The third-order valence-electron chi connectivity index (χ3n) is 14.5. The Balaban J connectivity index is 0.853. The van der Waals surface area contributed by atoms with Gasteiger partial charge < -0.3 is 81.9 Å². The SMILES string of the molecule is Nc1ncnc2c1ncn2[C@@H]1O[C@@H]2COP(=O)(O)O[C@H]3[C@@H](O)[C@H](n4cnc5c(N)ncnc54)O[C@@H]3COP(=O)(O)O[C@H]3[C@@H](O)[C@H](n4cnc5c(N)ncnc54)O[C@@H]3COP(=O)(O)O[C@H]3[C@@H](O)[C@H](n4cnc5c(N)ncnc54)O[C@@H]3COP(=O)(O)O[C@@H]2[C@H]1O. The summed E-state index contributed by atoms with van der Waals surface area (Å²) in [5, 5.41) is 47.6. The van der Waals surface area contributed by atoms with Gasteiger partial charge in [-0.2, -0.15) is 0 Å². The van der Waals surface area contributed by atoms with E-state index < -0.39 is 156 Å². The van der Waals surface area contributed by atoms with Crippen LogP contribution >= 0.6 is 31.3 Å². The number of aromatic nitrogens is 16. The van der Waals surface area contributed by atoms with Crippen LogP contribution < -0.4 is 22.9 Å². The van der Waals surface area contributed by atoms with E-state index in [1.165, 1.54) is 0 Å². The summed E-state index contributed by atoms with van der Waals surface area (Å²) in [7, 11) is -22.7. The van der Waals surface area contributed by atoms with Crippen molar-refractivity contribution in [3.05, 3.63) is 50.6 Å². The van der Waals surface area contributed by atoms with Crippen LogP contribution in [0, 0.1) is 0 Å². The van der Waals surface area contributed by atoms with E-state index in [9.17, 15) is 58.3 Å². The smallest absolute Gasteiger partial charge is 0.386 e. The van der Waals surface area contributed by atoms with Crippen LogP contribution in [0.3, 0.4) is 0 Å².